The van der Waals surface area contributed by atoms with Crippen LogP contribution in [0.2, 0.25) is 0 Å². The van der Waals surface area contributed by atoms with Crippen molar-refractivity contribution in [3.8, 4) is 0 Å². The van der Waals surface area contributed by atoms with Gasteiger partial charge < -0.3 is 5.32 Å². The highest BCUT2D eigenvalue weighted by Crippen LogP contribution is 2.18. The van der Waals surface area contributed by atoms with Gasteiger partial charge in [0.2, 0.25) is 0 Å². The first kappa shape index (κ1) is 8.05. The molecule has 56 valence electrons. The van der Waals surface area contributed by atoms with Gasteiger partial charge in [-0.15, -0.1) is 22.9 Å². The SMILES string of the molecule is CNC(CCl)c1cccs1. The lowest BCUT2D eigenvalue weighted by molar-refractivity contribution is 0.670. The monoisotopic (exact) mass is 175 g/mol. The number of rotatable bonds is 3. The Morgan fingerprint density at radius 2 is 2.60 bits per heavy atom. The van der Waals surface area contributed by atoms with Crippen molar-refractivity contribution < 1.29 is 0 Å². The van der Waals surface area contributed by atoms with Gasteiger partial charge in [-0.05, 0) is 18.5 Å². The standard InChI is InChI=1S/C7H10ClNS/c1-9-6(5-8)7-3-2-4-10-7/h2-4,6,9H,5H2,1H3. The van der Waals surface area contributed by atoms with Gasteiger partial charge in [0.1, 0.15) is 0 Å². The molecule has 0 amide bonds. The molecule has 1 nitrogen and oxygen atoms in total. The summed E-state index contributed by atoms with van der Waals surface area (Å²) in [5.41, 5.74) is 0. The molecule has 1 unspecified atom stereocenters. The molecule has 0 radical (unpaired) electrons. The van der Waals surface area contributed by atoms with Crippen molar-refractivity contribution >= 4 is 22.9 Å². The molecule has 10 heavy (non-hydrogen) atoms. The molecule has 0 saturated carbocycles. The third kappa shape index (κ3) is 1.72. The lowest BCUT2D eigenvalue weighted by Crippen LogP contribution is -2.16. The number of hydrogen-bond acceptors (Lipinski definition) is 2. The Kier molecular flexibility index (Phi) is 3.19. The molecule has 0 aliphatic heterocycles. The highest BCUT2D eigenvalue weighted by molar-refractivity contribution is 7.10. The minimum atomic E-state index is 0.321. The molecular formula is C7H10ClNS. The predicted octanol–water partition coefficient (Wildman–Crippen LogP) is 2.25. The average molecular weight is 176 g/mol. The van der Waals surface area contributed by atoms with Crippen molar-refractivity contribution in [2.45, 2.75) is 6.04 Å². The summed E-state index contributed by atoms with van der Waals surface area (Å²) in [5, 5.41) is 5.19. The Bertz CT molecular complexity index is 170. The maximum absolute atomic E-state index is 5.70. The van der Waals surface area contributed by atoms with Crippen LogP contribution in [-0.2, 0) is 0 Å². The summed E-state index contributed by atoms with van der Waals surface area (Å²) in [6.07, 6.45) is 0. The van der Waals surface area contributed by atoms with Crippen molar-refractivity contribution in [3.05, 3.63) is 22.4 Å². The maximum atomic E-state index is 5.70. The van der Waals surface area contributed by atoms with E-state index in [4.69, 9.17) is 11.6 Å². The van der Waals surface area contributed by atoms with E-state index in [0.717, 1.165) is 0 Å². The Hall–Kier alpha value is -0.0500. The molecule has 0 aliphatic rings. The fraction of sp³-hybridized carbons (Fsp3) is 0.429. The van der Waals surface area contributed by atoms with Gasteiger partial charge in [0.15, 0.2) is 0 Å². The van der Waals surface area contributed by atoms with Crippen LogP contribution in [0.15, 0.2) is 17.5 Å². The minimum Gasteiger partial charge on any atom is -0.311 e. The van der Waals surface area contributed by atoms with E-state index in [2.05, 4.69) is 16.8 Å². The van der Waals surface area contributed by atoms with Gasteiger partial charge in [-0.2, -0.15) is 0 Å². The Morgan fingerprint density at radius 3 is 3.00 bits per heavy atom. The van der Waals surface area contributed by atoms with Crippen LogP contribution >= 0.6 is 22.9 Å². The Balaban J connectivity index is 2.64. The van der Waals surface area contributed by atoms with E-state index in [1.807, 2.05) is 13.1 Å². The second kappa shape index (κ2) is 3.96. The van der Waals surface area contributed by atoms with Crippen LogP contribution < -0.4 is 5.32 Å². The average Bonchev–Trinajstić information content (AvgIpc) is 2.43. The summed E-state index contributed by atoms with van der Waals surface area (Å²) >= 11 is 7.44. The molecule has 1 N–H and O–H groups in total. The van der Waals surface area contributed by atoms with Gasteiger partial charge in [-0.3, -0.25) is 0 Å². The topological polar surface area (TPSA) is 12.0 Å². The van der Waals surface area contributed by atoms with E-state index in [-0.39, 0.29) is 0 Å². The molecule has 0 fully saturated rings. The summed E-state index contributed by atoms with van der Waals surface area (Å²) in [6.45, 7) is 0. The molecule has 1 aromatic heterocycles. The zero-order valence-corrected chi connectivity index (χ0v) is 7.38. The zero-order chi connectivity index (χ0) is 7.40. The number of alkyl halides is 1. The minimum absolute atomic E-state index is 0.321. The van der Waals surface area contributed by atoms with Crippen LogP contribution in [0, 0.1) is 0 Å². The van der Waals surface area contributed by atoms with E-state index >= 15 is 0 Å². The van der Waals surface area contributed by atoms with Crippen LogP contribution in [0.5, 0.6) is 0 Å². The molecule has 1 aromatic rings. The van der Waals surface area contributed by atoms with Crippen LogP contribution in [0.3, 0.4) is 0 Å². The largest absolute Gasteiger partial charge is 0.311 e. The van der Waals surface area contributed by atoms with E-state index < -0.39 is 0 Å². The van der Waals surface area contributed by atoms with Crippen LogP contribution in [0.25, 0.3) is 0 Å². The summed E-state index contributed by atoms with van der Waals surface area (Å²) < 4.78 is 0. The summed E-state index contributed by atoms with van der Waals surface area (Å²) in [5.74, 6) is 0.636. The van der Waals surface area contributed by atoms with Crippen molar-refractivity contribution in [3.63, 3.8) is 0 Å². The van der Waals surface area contributed by atoms with Gasteiger partial charge in [-0.25, -0.2) is 0 Å². The summed E-state index contributed by atoms with van der Waals surface area (Å²) in [4.78, 5) is 1.30. The second-order valence-electron chi connectivity index (χ2n) is 2.01. The fourth-order valence-electron chi connectivity index (χ4n) is 0.785. The Labute approximate surface area is 70.0 Å². The first-order chi connectivity index (χ1) is 4.88. The van der Waals surface area contributed by atoms with Gasteiger partial charge in [0, 0.05) is 10.8 Å². The van der Waals surface area contributed by atoms with Crippen molar-refractivity contribution in [1.82, 2.24) is 5.32 Å². The van der Waals surface area contributed by atoms with Gasteiger partial charge >= 0.3 is 0 Å². The van der Waals surface area contributed by atoms with Crippen LogP contribution in [0.1, 0.15) is 10.9 Å². The molecule has 0 bridgehead atoms. The third-order valence-electron chi connectivity index (χ3n) is 1.39. The van der Waals surface area contributed by atoms with Crippen LogP contribution in [-0.4, -0.2) is 12.9 Å². The van der Waals surface area contributed by atoms with Crippen molar-refractivity contribution in [2.24, 2.45) is 0 Å². The number of halogens is 1. The lowest BCUT2D eigenvalue weighted by atomic mass is 10.3. The van der Waals surface area contributed by atoms with E-state index in [1.54, 1.807) is 11.3 Å². The normalized spacial score (nSPS) is 13.4. The van der Waals surface area contributed by atoms with E-state index in [1.165, 1.54) is 4.88 Å². The number of hydrogen-bond donors (Lipinski definition) is 1. The molecule has 0 spiro atoms. The summed E-state index contributed by atoms with van der Waals surface area (Å²) in [7, 11) is 1.92. The van der Waals surface area contributed by atoms with Crippen LogP contribution in [0.4, 0.5) is 0 Å². The van der Waals surface area contributed by atoms with Gasteiger partial charge in [0.05, 0.1) is 6.04 Å². The zero-order valence-electron chi connectivity index (χ0n) is 5.80. The van der Waals surface area contributed by atoms with E-state index in [9.17, 15) is 0 Å². The third-order valence-corrected chi connectivity index (χ3v) is 2.68. The molecular weight excluding hydrogens is 166 g/mol. The van der Waals surface area contributed by atoms with Crippen molar-refractivity contribution in [2.75, 3.05) is 12.9 Å². The number of nitrogens with one attached hydrogen (secondary N) is 1. The first-order valence-corrected chi connectivity index (χ1v) is 4.56. The first-order valence-electron chi connectivity index (χ1n) is 3.15. The summed E-state index contributed by atoms with van der Waals surface area (Å²) in [6, 6.07) is 4.45. The molecule has 1 rings (SSSR count). The van der Waals surface area contributed by atoms with Gasteiger partial charge in [-0.1, -0.05) is 6.07 Å². The van der Waals surface area contributed by atoms with Gasteiger partial charge in [0.25, 0.3) is 0 Å². The quantitative estimate of drug-likeness (QED) is 0.695. The highest BCUT2D eigenvalue weighted by atomic mass is 35.5. The smallest absolute Gasteiger partial charge is 0.0549 e. The molecule has 1 atom stereocenters. The molecule has 0 aromatic carbocycles. The van der Waals surface area contributed by atoms with Crippen molar-refractivity contribution in [1.29, 1.82) is 0 Å². The molecule has 0 saturated heterocycles. The van der Waals surface area contributed by atoms with E-state index in [0.29, 0.717) is 11.9 Å². The highest BCUT2D eigenvalue weighted by Gasteiger charge is 2.06. The lowest BCUT2D eigenvalue weighted by Gasteiger charge is -2.08. The molecule has 3 heteroatoms. The Morgan fingerprint density at radius 1 is 1.80 bits per heavy atom. The number of thiophene rings is 1. The molecule has 0 aliphatic carbocycles. The fourth-order valence-corrected chi connectivity index (χ4v) is 2.03. The second-order valence-corrected chi connectivity index (χ2v) is 3.30. The maximum Gasteiger partial charge on any atom is 0.0549 e. The molecule has 1 heterocycles. The predicted molar refractivity (Wildman–Crippen MR) is 46.8 cm³/mol.